The maximum Gasteiger partial charge on any atom is 0.258 e. The van der Waals surface area contributed by atoms with E-state index in [9.17, 15) is 9.59 Å². The highest BCUT2D eigenvalue weighted by Crippen LogP contribution is 2.30. The molecule has 0 atom stereocenters. The molecule has 0 radical (unpaired) electrons. The summed E-state index contributed by atoms with van der Waals surface area (Å²) < 4.78 is 0. The van der Waals surface area contributed by atoms with Crippen molar-refractivity contribution in [3.8, 4) is 11.4 Å². The molecule has 158 valence electrons. The van der Waals surface area contributed by atoms with Crippen LogP contribution in [0.15, 0.2) is 72.8 Å². The SMILES string of the molecule is O=C(Nc1ccc(-c2nn[nH]n2)cc1)c1ccc2c(c1)CCCN2C(=O)c1ccccc1. The lowest BCUT2D eigenvalue weighted by Gasteiger charge is -2.30. The van der Waals surface area contributed by atoms with Crippen LogP contribution in [0.5, 0.6) is 0 Å². The Hall–Kier alpha value is -4.33. The smallest absolute Gasteiger partial charge is 0.258 e. The number of tetrazole rings is 1. The van der Waals surface area contributed by atoms with E-state index in [0.717, 1.165) is 29.7 Å². The van der Waals surface area contributed by atoms with E-state index in [4.69, 9.17) is 0 Å². The predicted molar refractivity (Wildman–Crippen MR) is 120 cm³/mol. The van der Waals surface area contributed by atoms with Gasteiger partial charge in [0.1, 0.15) is 0 Å². The number of amides is 2. The maximum atomic E-state index is 13.0. The van der Waals surface area contributed by atoms with E-state index in [0.29, 0.717) is 29.2 Å². The molecule has 2 N–H and O–H groups in total. The highest BCUT2D eigenvalue weighted by molar-refractivity contribution is 6.08. The second kappa shape index (κ2) is 8.43. The lowest BCUT2D eigenvalue weighted by Crippen LogP contribution is -2.35. The molecule has 0 aliphatic carbocycles. The third kappa shape index (κ3) is 3.85. The largest absolute Gasteiger partial charge is 0.322 e. The Morgan fingerprint density at radius 1 is 0.938 bits per heavy atom. The van der Waals surface area contributed by atoms with E-state index in [2.05, 4.69) is 25.9 Å². The first-order valence-electron chi connectivity index (χ1n) is 10.3. The minimum atomic E-state index is -0.202. The van der Waals surface area contributed by atoms with Gasteiger partial charge in [-0.2, -0.15) is 5.21 Å². The van der Waals surface area contributed by atoms with Gasteiger partial charge in [-0.25, -0.2) is 0 Å². The molecule has 2 heterocycles. The number of aryl methyl sites for hydroxylation is 1. The molecule has 3 aromatic carbocycles. The lowest BCUT2D eigenvalue weighted by molar-refractivity contribution is 0.0984. The highest BCUT2D eigenvalue weighted by Gasteiger charge is 2.24. The first kappa shape index (κ1) is 19.6. The van der Waals surface area contributed by atoms with Crippen LogP contribution in [-0.2, 0) is 6.42 Å². The predicted octanol–water partition coefficient (Wildman–Crippen LogP) is 3.71. The third-order valence-electron chi connectivity index (χ3n) is 5.47. The summed E-state index contributed by atoms with van der Waals surface area (Å²) in [6.45, 7) is 0.666. The highest BCUT2D eigenvalue weighted by atomic mass is 16.2. The van der Waals surface area contributed by atoms with Crippen LogP contribution in [0.25, 0.3) is 11.4 Å². The Kier molecular flexibility index (Phi) is 5.17. The number of rotatable bonds is 4. The van der Waals surface area contributed by atoms with Crippen LogP contribution in [0.3, 0.4) is 0 Å². The summed E-state index contributed by atoms with van der Waals surface area (Å²) >= 11 is 0. The molecule has 8 heteroatoms. The molecule has 0 unspecified atom stereocenters. The van der Waals surface area contributed by atoms with Gasteiger partial charge in [-0.1, -0.05) is 18.2 Å². The Labute approximate surface area is 184 Å². The number of H-pyrrole nitrogens is 1. The number of hydrogen-bond donors (Lipinski definition) is 2. The fourth-order valence-corrected chi connectivity index (χ4v) is 3.88. The number of nitrogens with zero attached hydrogens (tertiary/aromatic N) is 4. The van der Waals surface area contributed by atoms with Gasteiger partial charge in [0.05, 0.1) is 0 Å². The van der Waals surface area contributed by atoms with Crippen LogP contribution in [-0.4, -0.2) is 39.0 Å². The van der Waals surface area contributed by atoms with Crippen molar-refractivity contribution in [2.24, 2.45) is 0 Å². The lowest BCUT2D eigenvalue weighted by atomic mass is 9.98. The van der Waals surface area contributed by atoms with Crippen molar-refractivity contribution in [2.75, 3.05) is 16.8 Å². The van der Waals surface area contributed by atoms with Crippen molar-refractivity contribution in [2.45, 2.75) is 12.8 Å². The van der Waals surface area contributed by atoms with Gasteiger partial charge in [0.15, 0.2) is 0 Å². The summed E-state index contributed by atoms with van der Waals surface area (Å²) in [5.74, 6) is 0.268. The molecular weight excluding hydrogens is 404 g/mol. The number of benzene rings is 3. The summed E-state index contributed by atoms with van der Waals surface area (Å²) in [5, 5.41) is 16.8. The maximum absolute atomic E-state index is 13.0. The Bertz CT molecular complexity index is 1250. The quantitative estimate of drug-likeness (QED) is 0.520. The summed E-state index contributed by atoms with van der Waals surface area (Å²) in [7, 11) is 0. The average Bonchev–Trinajstić information content (AvgIpc) is 3.39. The van der Waals surface area contributed by atoms with Crippen LogP contribution in [0.1, 0.15) is 32.7 Å². The number of nitrogens with one attached hydrogen (secondary N) is 2. The monoisotopic (exact) mass is 424 g/mol. The van der Waals surface area contributed by atoms with Gasteiger partial charge in [-0.3, -0.25) is 9.59 Å². The average molecular weight is 424 g/mol. The van der Waals surface area contributed by atoms with E-state index in [1.165, 1.54) is 0 Å². The molecule has 0 fully saturated rings. The Morgan fingerprint density at radius 2 is 1.75 bits per heavy atom. The van der Waals surface area contributed by atoms with Crippen molar-refractivity contribution in [3.05, 3.63) is 89.5 Å². The van der Waals surface area contributed by atoms with E-state index in [1.807, 2.05) is 54.6 Å². The zero-order valence-electron chi connectivity index (χ0n) is 17.2. The van der Waals surface area contributed by atoms with Gasteiger partial charge in [0.2, 0.25) is 5.82 Å². The summed E-state index contributed by atoms with van der Waals surface area (Å²) in [5.41, 5.74) is 4.55. The van der Waals surface area contributed by atoms with Crippen LogP contribution in [0.2, 0.25) is 0 Å². The van der Waals surface area contributed by atoms with E-state index in [-0.39, 0.29) is 11.8 Å². The normalized spacial score (nSPS) is 12.8. The second-order valence-electron chi connectivity index (χ2n) is 7.54. The minimum Gasteiger partial charge on any atom is -0.322 e. The molecule has 1 aromatic heterocycles. The van der Waals surface area contributed by atoms with Crippen LogP contribution < -0.4 is 10.2 Å². The Morgan fingerprint density at radius 3 is 2.50 bits per heavy atom. The molecule has 32 heavy (non-hydrogen) atoms. The van der Waals surface area contributed by atoms with Crippen molar-refractivity contribution < 1.29 is 9.59 Å². The molecule has 0 spiro atoms. The number of carbonyl (C=O) groups excluding carboxylic acids is 2. The van der Waals surface area contributed by atoms with E-state index >= 15 is 0 Å². The molecule has 0 saturated carbocycles. The van der Waals surface area contributed by atoms with Gasteiger partial charge < -0.3 is 10.2 Å². The molecule has 2 amide bonds. The van der Waals surface area contributed by atoms with Gasteiger partial charge >= 0.3 is 0 Å². The fraction of sp³-hybridized carbons (Fsp3) is 0.125. The standard InChI is InChI=1S/C24H20N6O2/c31-23(25-20-11-8-16(9-12-20)22-26-28-29-27-22)19-10-13-21-18(15-19)7-4-14-30(21)24(32)17-5-2-1-3-6-17/h1-3,5-6,8-13,15H,4,7,14H2,(H,25,31)(H,26,27,28,29). The van der Waals surface area contributed by atoms with Gasteiger partial charge in [0, 0.05) is 34.6 Å². The van der Waals surface area contributed by atoms with Crippen molar-refractivity contribution in [3.63, 3.8) is 0 Å². The van der Waals surface area contributed by atoms with Crippen LogP contribution in [0, 0.1) is 0 Å². The topological polar surface area (TPSA) is 104 Å². The first-order valence-corrected chi connectivity index (χ1v) is 10.3. The second-order valence-corrected chi connectivity index (χ2v) is 7.54. The van der Waals surface area contributed by atoms with E-state index < -0.39 is 0 Å². The number of carbonyl (C=O) groups is 2. The molecule has 8 nitrogen and oxygen atoms in total. The van der Waals surface area contributed by atoms with Gasteiger partial charge in [0.25, 0.3) is 11.8 Å². The molecular formula is C24H20N6O2. The molecule has 5 rings (SSSR count). The van der Waals surface area contributed by atoms with Crippen molar-refractivity contribution >= 4 is 23.2 Å². The molecule has 1 aliphatic heterocycles. The fourth-order valence-electron chi connectivity index (χ4n) is 3.88. The summed E-state index contributed by atoms with van der Waals surface area (Å²) in [6, 6.07) is 22.0. The van der Waals surface area contributed by atoms with Crippen molar-refractivity contribution in [1.29, 1.82) is 0 Å². The number of fused-ring (bicyclic) bond motifs is 1. The molecule has 0 saturated heterocycles. The Balaban J connectivity index is 1.33. The van der Waals surface area contributed by atoms with Crippen LogP contribution >= 0.6 is 0 Å². The summed E-state index contributed by atoms with van der Waals surface area (Å²) in [4.78, 5) is 27.6. The number of anilines is 2. The molecule has 0 bridgehead atoms. The minimum absolute atomic E-state index is 0.0227. The van der Waals surface area contributed by atoms with Gasteiger partial charge in [-0.05, 0) is 78.2 Å². The molecule has 1 aliphatic rings. The van der Waals surface area contributed by atoms with Gasteiger partial charge in [-0.15, -0.1) is 10.2 Å². The van der Waals surface area contributed by atoms with Crippen LogP contribution in [0.4, 0.5) is 11.4 Å². The number of hydrogen-bond acceptors (Lipinski definition) is 5. The zero-order valence-corrected chi connectivity index (χ0v) is 17.2. The number of aromatic nitrogens is 4. The number of aromatic amines is 1. The van der Waals surface area contributed by atoms with Crippen molar-refractivity contribution in [1.82, 2.24) is 20.6 Å². The summed E-state index contributed by atoms with van der Waals surface area (Å²) in [6.07, 6.45) is 1.68. The molecule has 4 aromatic rings. The van der Waals surface area contributed by atoms with E-state index in [1.54, 1.807) is 23.1 Å². The zero-order chi connectivity index (χ0) is 21.9. The third-order valence-corrected chi connectivity index (χ3v) is 5.47. The first-order chi connectivity index (χ1) is 15.7.